The van der Waals surface area contributed by atoms with Gasteiger partial charge in [-0.2, -0.15) is 0 Å². The van der Waals surface area contributed by atoms with Crippen LogP contribution < -0.4 is 10.1 Å². The maximum Gasteiger partial charge on any atom is 0.356 e. The minimum atomic E-state index is -1.18. The number of carbonyl (C=O) groups excluding carboxylic acids is 1. The molecule has 0 bridgehead atoms. The summed E-state index contributed by atoms with van der Waals surface area (Å²) in [6.07, 6.45) is 3.15. The van der Waals surface area contributed by atoms with Crippen LogP contribution in [-0.2, 0) is 6.54 Å². The summed E-state index contributed by atoms with van der Waals surface area (Å²) < 4.78 is 5.56. The Morgan fingerprint density at radius 2 is 1.92 bits per heavy atom. The molecular weight excluding hydrogens is 310 g/mol. The highest BCUT2D eigenvalue weighted by Crippen LogP contribution is 2.17. The van der Waals surface area contributed by atoms with E-state index in [0.717, 1.165) is 35.7 Å². The van der Waals surface area contributed by atoms with Gasteiger partial charge in [-0.15, -0.1) is 0 Å². The van der Waals surface area contributed by atoms with E-state index in [1.54, 1.807) is 0 Å². The Hall–Kier alpha value is -2.96. The van der Waals surface area contributed by atoms with Gasteiger partial charge < -0.3 is 15.2 Å². The molecule has 0 fully saturated rings. The normalized spacial score (nSPS) is 10.2. The lowest BCUT2D eigenvalue weighted by molar-refractivity contribution is 0.0689. The maximum absolute atomic E-state index is 12.0. The molecule has 0 unspecified atom stereocenters. The summed E-state index contributed by atoms with van der Waals surface area (Å²) >= 11 is 0. The minimum absolute atomic E-state index is 0.0700. The largest absolute Gasteiger partial charge is 0.494 e. The lowest BCUT2D eigenvalue weighted by Gasteiger charge is -2.10. The predicted molar refractivity (Wildman–Crippen MR) is 87.1 cm³/mol. The minimum Gasteiger partial charge on any atom is -0.494 e. The van der Waals surface area contributed by atoms with Crippen molar-refractivity contribution in [2.45, 2.75) is 26.8 Å². The summed E-state index contributed by atoms with van der Waals surface area (Å²) in [7, 11) is 0. The number of amides is 1. The van der Waals surface area contributed by atoms with Crippen LogP contribution in [0.2, 0.25) is 0 Å². The van der Waals surface area contributed by atoms with Crippen LogP contribution in [0.3, 0.4) is 0 Å². The Bertz CT molecular complexity index is 729. The molecule has 7 heteroatoms. The number of ether oxygens (including phenoxy) is 1. The van der Waals surface area contributed by atoms with E-state index in [-0.39, 0.29) is 11.4 Å². The zero-order valence-electron chi connectivity index (χ0n) is 13.6. The molecule has 2 N–H and O–H groups in total. The Balaban J connectivity index is 1.97. The van der Waals surface area contributed by atoms with E-state index in [0.29, 0.717) is 13.2 Å². The second-order valence-corrected chi connectivity index (χ2v) is 5.21. The maximum atomic E-state index is 12.0. The van der Waals surface area contributed by atoms with Gasteiger partial charge in [0, 0.05) is 6.54 Å². The first-order valence-corrected chi connectivity index (χ1v) is 7.57. The molecule has 0 aliphatic carbocycles. The molecule has 0 aliphatic heterocycles. The first-order chi connectivity index (χ1) is 11.5. The molecule has 0 saturated heterocycles. The van der Waals surface area contributed by atoms with Gasteiger partial charge in [0.25, 0.3) is 5.91 Å². The molecule has 2 aromatic rings. The number of aromatic carboxylic acids is 1. The molecule has 7 nitrogen and oxygen atoms in total. The molecule has 1 amide bonds. The summed E-state index contributed by atoms with van der Waals surface area (Å²) in [5, 5.41) is 11.5. The third kappa shape index (κ3) is 4.52. The van der Waals surface area contributed by atoms with E-state index < -0.39 is 11.9 Å². The fourth-order valence-corrected chi connectivity index (χ4v) is 2.00. The average molecular weight is 329 g/mol. The third-order valence-electron chi connectivity index (χ3n) is 3.33. The van der Waals surface area contributed by atoms with Crippen molar-refractivity contribution in [3.8, 4) is 5.75 Å². The molecule has 0 atom stereocenters. The number of carbonyl (C=O) groups is 2. The van der Waals surface area contributed by atoms with Crippen molar-refractivity contribution in [1.29, 1.82) is 0 Å². The van der Waals surface area contributed by atoms with Crippen molar-refractivity contribution in [3.05, 3.63) is 53.1 Å². The molecule has 1 aromatic heterocycles. The number of hydrogen-bond donors (Lipinski definition) is 2. The highest BCUT2D eigenvalue weighted by molar-refractivity contribution is 5.92. The number of carboxylic acids is 1. The van der Waals surface area contributed by atoms with E-state index in [1.807, 2.05) is 32.0 Å². The SMILES string of the molecule is CCCOc1ccc(CNC(=O)c2cnc(C(=O)O)cn2)c(C)c1. The fourth-order valence-electron chi connectivity index (χ4n) is 2.00. The lowest BCUT2D eigenvalue weighted by atomic mass is 10.1. The van der Waals surface area contributed by atoms with Gasteiger partial charge in [-0.25, -0.2) is 14.8 Å². The second kappa shape index (κ2) is 8.05. The molecule has 2 rings (SSSR count). The number of nitrogens with one attached hydrogen (secondary N) is 1. The third-order valence-corrected chi connectivity index (χ3v) is 3.33. The smallest absolute Gasteiger partial charge is 0.356 e. The van der Waals surface area contributed by atoms with Crippen LogP contribution in [0.1, 0.15) is 45.4 Å². The first-order valence-electron chi connectivity index (χ1n) is 7.57. The van der Waals surface area contributed by atoms with Crippen molar-refractivity contribution in [2.75, 3.05) is 6.61 Å². The topological polar surface area (TPSA) is 101 Å². The average Bonchev–Trinajstić information content (AvgIpc) is 2.59. The molecule has 0 aliphatic rings. The van der Waals surface area contributed by atoms with Crippen molar-refractivity contribution in [1.82, 2.24) is 15.3 Å². The van der Waals surface area contributed by atoms with Gasteiger partial charge in [0.2, 0.25) is 0 Å². The van der Waals surface area contributed by atoms with Gasteiger partial charge in [0.05, 0.1) is 19.0 Å². The molecular formula is C17H19N3O4. The molecule has 1 aromatic carbocycles. The van der Waals surface area contributed by atoms with E-state index in [9.17, 15) is 9.59 Å². The summed E-state index contributed by atoms with van der Waals surface area (Å²) in [5.74, 6) is -0.792. The summed E-state index contributed by atoms with van der Waals surface area (Å²) in [6, 6.07) is 5.70. The Morgan fingerprint density at radius 3 is 2.50 bits per heavy atom. The predicted octanol–water partition coefficient (Wildman–Crippen LogP) is 2.20. The summed E-state index contributed by atoms with van der Waals surface area (Å²) in [5.41, 5.74) is 1.84. The van der Waals surface area contributed by atoms with Crippen LogP contribution in [0.5, 0.6) is 5.75 Å². The molecule has 24 heavy (non-hydrogen) atoms. The van der Waals surface area contributed by atoms with Gasteiger partial charge in [-0.05, 0) is 36.6 Å². The van der Waals surface area contributed by atoms with Crippen LogP contribution in [0.25, 0.3) is 0 Å². The highest BCUT2D eigenvalue weighted by atomic mass is 16.5. The Labute approximate surface area is 139 Å². The molecule has 1 heterocycles. The zero-order valence-corrected chi connectivity index (χ0v) is 13.6. The molecule has 126 valence electrons. The summed E-state index contributed by atoms with van der Waals surface area (Å²) in [4.78, 5) is 30.2. The van der Waals surface area contributed by atoms with E-state index >= 15 is 0 Å². The van der Waals surface area contributed by atoms with Gasteiger partial charge in [-0.1, -0.05) is 13.0 Å². The van der Waals surface area contributed by atoms with Gasteiger partial charge in [0.1, 0.15) is 11.4 Å². The Kier molecular flexibility index (Phi) is 5.83. The van der Waals surface area contributed by atoms with Gasteiger partial charge in [-0.3, -0.25) is 4.79 Å². The van der Waals surface area contributed by atoms with E-state index in [4.69, 9.17) is 9.84 Å². The number of aromatic nitrogens is 2. The number of benzene rings is 1. The quantitative estimate of drug-likeness (QED) is 0.807. The van der Waals surface area contributed by atoms with Crippen LogP contribution in [0, 0.1) is 6.92 Å². The number of aryl methyl sites for hydroxylation is 1. The number of hydrogen-bond acceptors (Lipinski definition) is 5. The Morgan fingerprint density at radius 1 is 1.21 bits per heavy atom. The van der Waals surface area contributed by atoms with E-state index in [2.05, 4.69) is 15.3 Å². The van der Waals surface area contributed by atoms with Crippen LogP contribution in [-0.4, -0.2) is 33.6 Å². The van der Waals surface area contributed by atoms with E-state index in [1.165, 1.54) is 0 Å². The van der Waals surface area contributed by atoms with Crippen LogP contribution in [0.15, 0.2) is 30.6 Å². The molecule has 0 radical (unpaired) electrons. The summed E-state index contributed by atoms with van der Waals surface area (Å²) in [6.45, 7) is 4.99. The van der Waals surface area contributed by atoms with Crippen molar-refractivity contribution in [2.24, 2.45) is 0 Å². The first kappa shape index (κ1) is 17.4. The van der Waals surface area contributed by atoms with Crippen LogP contribution >= 0.6 is 0 Å². The molecule has 0 spiro atoms. The fraction of sp³-hybridized carbons (Fsp3) is 0.294. The number of carboxylic acid groups (broad SMARTS) is 1. The van der Waals surface area contributed by atoms with Crippen molar-refractivity contribution < 1.29 is 19.4 Å². The van der Waals surface area contributed by atoms with Gasteiger partial charge >= 0.3 is 5.97 Å². The van der Waals surface area contributed by atoms with Crippen LogP contribution in [0.4, 0.5) is 0 Å². The van der Waals surface area contributed by atoms with Crippen molar-refractivity contribution >= 4 is 11.9 Å². The number of nitrogens with zero attached hydrogens (tertiary/aromatic N) is 2. The lowest BCUT2D eigenvalue weighted by Crippen LogP contribution is -2.24. The van der Waals surface area contributed by atoms with Gasteiger partial charge in [0.15, 0.2) is 5.69 Å². The van der Waals surface area contributed by atoms with Crippen molar-refractivity contribution in [3.63, 3.8) is 0 Å². The number of rotatable bonds is 7. The zero-order chi connectivity index (χ0) is 17.5. The molecule has 0 saturated carbocycles. The highest BCUT2D eigenvalue weighted by Gasteiger charge is 2.11. The monoisotopic (exact) mass is 329 g/mol. The second-order valence-electron chi connectivity index (χ2n) is 5.21. The standard InChI is InChI=1S/C17H19N3O4/c1-3-6-24-13-5-4-12(11(2)7-13)8-20-16(21)14-9-19-15(10-18-14)17(22)23/h4-5,7,9-10H,3,6,8H2,1-2H3,(H,20,21)(H,22,23).